The number of nitrogens with zero attached hydrogens (tertiary/aromatic N) is 1. The van der Waals surface area contributed by atoms with Gasteiger partial charge in [0.05, 0.1) is 6.10 Å². The van der Waals surface area contributed by atoms with Crippen molar-refractivity contribution < 1.29 is 4.74 Å². The van der Waals surface area contributed by atoms with Crippen molar-refractivity contribution in [3.63, 3.8) is 0 Å². The Bertz CT molecular complexity index is 249. The van der Waals surface area contributed by atoms with Crippen molar-refractivity contribution in [2.45, 2.75) is 58.6 Å². The maximum absolute atomic E-state index is 5.76. The fourth-order valence-electron chi connectivity index (χ4n) is 3.25. The molecule has 2 aliphatic rings. The van der Waals surface area contributed by atoms with Gasteiger partial charge < -0.3 is 10.1 Å². The van der Waals surface area contributed by atoms with Gasteiger partial charge in [-0.05, 0) is 44.2 Å². The fraction of sp³-hybridized carbons (Fsp3) is 1.00. The highest BCUT2D eigenvalue weighted by atomic mass is 16.5. The number of ether oxygens (including phenoxy) is 1. The van der Waals surface area contributed by atoms with Gasteiger partial charge in [-0.15, -0.1) is 0 Å². The molecule has 2 saturated heterocycles. The zero-order valence-corrected chi connectivity index (χ0v) is 12.4. The van der Waals surface area contributed by atoms with Gasteiger partial charge in [0.2, 0.25) is 0 Å². The summed E-state index contributed by atoms with van der Waals surface area (Å²) in [5.74, 6) is 0. The van der Waals surface area contributed by atoms with Gasteiger partial charge in [0.25, 0.3) is 0 Å². The van der Waals surface area contributed by atoms with E-state index < -0.39 is 0 Å². The van der Waals surface area contributed by atoms with Gasteiger partial charge in [0, 0.05) is 25.7 Å². The zero-order chi connectivity index (χ0) is 13.0. The molecule has 0 spiro atoms. The molecule has 0 saturated carbocycles. The predicted molar refractivity (Wildman–Crippen MR) is 75.9 cm³/mol. The molecule has 1 N–H and O–H groups in total. The summed E-state index contributed by atoms with van der Waals surface area (Å²) in [6, 6.07) is 0.632. The quantitative estimate of drug-likeness (QED) is 0.814. The number of nitrogens with one attached hydrogen (secondary N) is 1. The highest BCUT2D eigenvalue weighted by Gasteiger charge is 2.33. The Hall–Kier alpha value is -0.120. The lowest BCUT2D eigenvalue weighted by atomic mass is 9.77. The number of rotatable bonds is 5. The van der Waals surface area contributed by atoms with Crippen molar-refractivity contribution in [3.05, 3.63) is 0 Å². The van der Waals surface area contributed by atoms with E-state index in [1.54, 1.807) is 0 Å². The minimum atomic E-state index is 0.433. The van der Waals surface area contributed by atoms with Gasteiger partial charge in [0.15, 0.2) is 0 Å². The highest BCUT2D eigenvalue weighted by Crippen LogP contribution is 2.30. The number of hydrogen-bond donors (Lipinski definition) is 1. The fourth-order valence-corrected chi connectivity index (χ4v) is 3.25. The van der Waals surface area contributed by atoms with Crippen LogP contribution in [0.2, 0.25) is 0 Å². The second-order valence-corrected chi connectivity index (χ2v) is 6.59. The topological polar surface area (TPSA) is 24.5 Å². The molecule has 0 bridgehead atoms. The smallest absolute Gasteiger partial charge is 0.0702 e. The van der Waals surface area contributed by atoms with Crippen LogP contribution >= 0.6 is 0 Å². The lowest BCUT2D eigenvalue weighted by Crippen LogP contribution is -2.53. The third-order valence-electron chi connectivity index (χ3n) is 4.71. The van der Waals surface area contributed by atoms with E-state index in [0.29, 0.717) is 17.6 Å². The van der Waals surface area contributed by atoms with Crippen LogP contribution in [-0.4, -0.2) is 49.8 Å². The molecule has 2 heterocycles. The van der Waals surface area contributed by atoms with Crippen molar-refractivity contribution in [1.82, 2.24) is 10.2 Å². The van der Waals surface area contributed by atoms with Crippen molar-refractivity contribution in [1.29, 1.82) is 0 Å². The Labute approximate surface area is 112 Å². The summed E-state index contributed by atoms with van der Waals surface area (Å²) in [4.78, 5) is 2.57. The van der Waals surface area contributed by atoms with E-state index in [4.69, 9.17) is 4.74 Å². The van der Waals surface area contributed by atoms with Crippen LogP contribution in [0.1, 0.15) is 46.5 Å². The molecule has 2 fully saturated rings. The minimum Gasteiger partial charge on any atom is -0.377 e. The normalized spacial score (nSPS) is 32.0. The number of likely N-dealkylation sites (N-methyl/N-ethyl adjacent to an activating group) is 1. The first-order valence-electron chi connectivity index (χ1n) is 7.69. The lowest BCUT2D eigenvalue weighted by Gasteiger charge is -2.42. The Morgan fingerprint density at radius 2 is 2.11 bits per heavy atom. The molecule has 2 rings (SSSR count). The molecule has 2 atom stereocenters. The first kappa shape index (κ1) is 14.3. The molecule has 18 heavy (non-hydrogen) atoms. The molecule has 2 aliphatic heterocycles. The average molecular weight is 254 g/mol. The number of piperidine rings is 1. The molecule has 0 amide bonds. The summed E-state index contributed by atoms with van der Waals surface area (Å²) in [5.41, 5.74) is 0.433. The molecule has 0 aliphatic carbocycles. The van der Waals surface area contributed by atoms with Crippen LogP contribution in [-0.2, 0) is 4.74 Å². The standard InChI is InChI=1S/C15H30N2O/c1-4-17(11-13-7-5-10-18-13)12-14-15(2,3)8-6-9-16-14/h13-14,16H,4-12H2,1-3H3. The first-order valence-corrected chi connectivity index (χ1v) is 7.69. The predicted octanol–water partition coefficient (Wildman–Crippen LogP) is 2.27. The SMILES string of the molecule is CCN(CC1CCCO1)CC1NCCCC1(C)C. The minimum absolute atomic E-state index is 0.433. The van der Waals surface area contributed by atoms with E-state index >= 15 is 0 Å². The van der Waals surface area contributed by atoms with Gasteiger partial charge in [-0.1, -0.05) is 20.8 Å². The van der Waals surface area contributed by atoms with Crippen molar-refractivity contribution in [2.75, 3.05) is 32.8 Å². The lowest BCUT2D eigenvalue weighted by molar-refractivity contribution is 0.0580. The molecular formula is C15H30N2O. The molecule has 106 valence electrons. The van der Waals surface area contributed by atoms with Crippen LogP contribution in [0, 0.1) is 5.41 Å². The third kappa shape index (κ3) is 3.69. The van der Waals surface area contributed by atoms with Crippen LogP contribution < -0.4 is 5.32 Å². The van der Waals surface area contributed by atoms with Crippen molar-refractivity contribution >= 4 is 0 Å². The van der Waals surface area contributed by atoms with Crippen LogP contribution in [0.5, 0.6) is 0 Å². The van der Waals surface area contributed by atoms with E-state index in [9.17, 15) is 0 Å². The maximum Gasteiger partial charge on any atom is 0.0702 e. The monoisotopic (exact) mass is 254 g/mol. The summed E-state index contributed by atoms with van der Waals surface area (Å²) in [7, 11) is 0. The molecule has 2 unspecified atom stereocenters. The van der Waals surface area contributed by atoms with Gasteiger partial charge in [-0.25, -0.2) is 0 Å². The molecule has 0 aromatic heterocycles. The van der Waals surface area contributed by atoms with Crippen LogP contribution in [0.25, 0.3) is 0 Å². The van der Waals surface area contributed by atoms with E-state index in [2.05, 4.69) is 31.0 Å². The van der Waals surface area contributed by atoms with Gasteiger partial charge in [0.1, 0.15) is 0 Å². The largest absolute Gasteiger partial charge is 0.377 e. The Morgan fingerprint density at radius 3 is 2.72 bits per heavy atom. The first-order chi connectivity index (χ1) is 8.62. The summed E-state index contributed by atoms with van der Waals surface area (Å²) in [6.07, 6.45) is 5.65. The number of hydrogen-bond acceptors (Lipinski definition) is 3. The second-order valence-electron chi connectivity index (χ2n) is 6.59. The van der Waals surface area contributed by atoms with Crippen LogP contribution in [0.4, 0.5) is 0 Å². The molecule has 3 heteroatoms. The van der Waals surface area contributed by atoms with Crippen molar-refractivity contribution in [3.8, 4) is 0 Å². The van der Waals surface area contributed by atoms with Gasteiger partial charge in [-0.3, -0.25) is 4.90 Å². The maximum atomic E-state index is 5.76. The zero-order valence-electron chi connectivity index (χ0n) is 12.4. The molecule has 0 aromatic rings. The second kappa shape index (κ2) is 6.36. The summed E-state index contributed by atoms with van der Waals surface area (Å²) < 4.78 is 5.76. The molecule has 3 nitrogen and oxygen atoms in total. The highest BCUT2D eigenvalue weighted by molar-refractivity contribution is 4.90. The van der Waals surface area contributed by atoms with Gasteiger partial charge in [-0.2, -0.15) is 0 Å². The Balaban J connectivity index is 1.84. The Morgan fingerprint density at radius 1 is 1.28 bits per heavy atom. The van der Waals surface area contributed by atoms with E-state index in [-0.39, 0.29) is 0 Å². The summed E-state index contributed by atoms with van der Waals surface area (Å²) in [6.45, 7) is 12.7. The van der Waals surface area contributed by atoms with Gasteiger partial charge >= 0.3 is 0 Å². The molecular weight excluding hydrogens is 224 g/mol. The molecule has 0 radical (unpaired) electrons. The molecule has 0 aromatic carbocycles. The van der Waals surface area contributed by atoms with Crippen molar-refractivity contribution in [2.24, 2.45) is 5.41 Å². The van der Waals surface area contributed by atoms with E-state index in [1.807, 2.05) is 0 Å². The van der Waals surface area contributed by atoms with Crippen LogP contribution in [0.15, 0.2) is 0 Å². The average Bonchev–Trinajstić information content (AvgIpc) is 2.83. The van der Waals surface area contributed by atoms with E-state index in [1.165, 1.54) is 38.8 Å². The Kier molecular flexibility index (Phi) is 5.05. The summed E-state index contributed by atoms with van der Waals surface area (Å²) in [5, 5.41) is 3.72. The van der Waals surface area contributed by atoms with Crippen LogP contribution in [0.3, 0.4) is 0 Å². The summed E-state index contributed by atoms with van der Waals surface area (Å²) >= 11 is 0. The third-order valence-corrected chi connectivity index (χ3v) is 4.71. The van der Waals surface area contributed by atoms with E-state index in [0.717, 1.165) is 19.7 Å².